The van der Waals surface area contributed by atoms with Crippen molar-refractivity contribution in [1.29, 1.82) is 0 Å². The molecule has 0 N–H and O–H groups in total. The molecule has 1 aromatic rings. The van der Waals surface area contributed by atoms with Gasteiger partial charge in [-0.3, -0.25) is 4.79 Å². The quantitative estimate of drug-likeness (QED) is 0.832. The number of hydrogen-bond acceptors (Lipinski definition) is 3. The van der Waals surface area contributed by atoms with Crippen LogP contribution in [0.1, 0.15) is 32.1 Å². The Hall–Kier alpha value is -1.42. The molecule has 0 heterocycles. The summed E-state index contributed by atoms with van der Waals surface area (Å²) >= 11 is 0. The average molecular weight is 278 g/mol. The van der Waals surface area contributed by atoms with Gasteiger partial charge in [0, 0.05) is 6.42 Å². The zero-order valence-corrected chi connectivity index (χ0v) is 11.7. The second-order valence-electron chi connectivity index (χ2n) is 4.78. The molecule has 0 amide bonds. The Balaban J connectivity index is 1.99. The molecule has 1 aliphatic carbocycles. The zero-order chi connectivity index (χ0) is 13.7. The molecular weight excluding hydrogens is 260 g/mol. The van der Waals surface area contributed by atoms with Crippen molar-refractivity contribution in [2.45, 2.75) is 37.0 Å². The van der Waals surface area contributed by atoms with E-state index in [1.54, 1.807) is 30.3 Å². The highest BCUT2D eigenvalue weighted by molar-refractivity contribution is 7.91. The molecule has 1 aliphatic rings. The minimum Gasteiger partial charge on any atom is -0.295 e. The molecular formula is C15H18O3S. The first kappa shape index (κ1) is 14.0. The molecule has 2 rings (SSSR count). The number of ketones is 1. The second kappa shape index (κ2) is 6.15. The summed E-state index contributed by atoms with van der Waals surface area (Å²) in [6, 6.07) is 8.30. The van der Waals surface area contributed by atoms with Gasteiger partial charge in [0.25, 0.3) is 0 Å². The number of carbonyl (C=O) groups is 1. The molecule has 3 nitrogen and oxygen atoms in total. The standard InChI is InChI=1S/C15H18O3S/c16-15(13-7-3-1-4-8-13)11-12-19(17,18)14-9-5-2-6-10-14/h2,5-7,9-10H,1,3-4,8,11-12H2. The largest absolute Gasteiger partial charge is 0.295 e. The summed E-state index contributed by atoms with van der Waals surface area (Å²) in [7, 11) is -3.34. The zero-order valence-electron chi connectivity index (χ0n) is 10.8. The Morgan fingerprint density at radius 2 is 1.84 bits per heavy atom. The van der Waals surface area contributed by atoms with Crippen LogP contribution in [0.4, 0.5) is 0 Å². The molecule has 0 bridgehead atoms. The van der Waals surface area contributed by atoms with E-state index in [-0.39, 0.29) is 18.0 Å². The van der Waals surface area contributed by atoms with Gasteiger partial charge in [-0.15, -0.1) is 0 Å². The first-order valence-electron chi connectivity index (χ1n) is 6.59. The normalized spacial score (nSPS) is 15.9. The van der Waals surface area contributed by atoms with Crippen molar-refractivity contribution in [1.82, 2.24) is 0 Å². The fourth-order valence-electron chi connectivity index (χ4n) is 2.22. The third kappa shape index (κ3) is 3.77. The monoisotopic (exact) mass is 278 g/mol. The Morgan fingerprint density at radius 3 is 2.47 bits per heavy atom. The van der Waals surface area contributed by atoms with E-state index in [2.05, 4.69) is 0 Å². The molecule has 102 valence electrons. The topological polar surface area (TPSA) is 51.2 Å². The minimum atomic E-state index is -3.34. The van der Waals surface area contributed by atoms with Gasteiger partial charge in [0.2, 0.25) is 0 Å². The number of benzene rings is 1. The van der Waals surface area contributed by atoms with Crippen molar-refractivity contribution in [2.75, 3.05) is 5.75 Å². The molecule has 0 unspecified atom stereocenters. The van der Waals surface area contributed by atoms with Crippen LogP contribution in [0.25, 0.3) is 0 Å². The first-order valence-corrected chi connectivity index (χ1v) is 8.25. The fourth-order valence-corrected chi connectivity index (χ4v) is 3.49. The molecule has 1 aromatic carbocycles. The van der Waals surface area contributed by atoms with Crippen molar-refractivity contribution in [3.8, 4) is 0 Å². The summed E-state index contributed by atoms with van der Waals surface area (Å²) < 4.78 is 24.1. The predicted octanol–water partition coefficient (Wildman–Crippen LogP) is 2.92. The Bertz CT molecular complexity index is 571. The van der Waals surface area contributed by atoms with Crippen LogP contribution in [-0.4, -0.2) is 20.0 Å². The number of Topliss-reactive ketones (excluding diaryl/α,β-unsaturated/α-hetero) is 1. The van der Waals surface area contributed by atoms with Crippen LogP contribution in [0.5, 0.6) is 0 Å². The summed E-state index contributed by atoms with van der Waals surface area (Å²) in [5, 5.41) is 0. The van der Waals surface area contributed by atoms with Gasteiger partial charge in [-0.1, -0.05) is 24.3 Å². The van der Waals surface area contributed by atoms with E-state index >= 15 is 0 Å². The van der Waals surface area contributed by atoms with E-state index in [1.807, 2.05) is 6.08 Å². The molecule has 0 saturated heterocycles. The van der Waals surface area contributed by atoms with Gasteiger partial charge in [0.1, 0.15) is 0 Å². The van der Waals surface area contributed by atoms with Gasteiger partial charge < -0.3 is 0 Å². The maximum absolute atomic E-state index is 12.0. The SMILES string of the molecule is O=C(CCS(=O)(=O)c1ccccc1)C1=CCCCC1. The number of hydrogen-bond donors (Lipinski definition) is 0. The van der Waals surface area contributed by atoms with Crippen LogP contribution < -0.4 is 0 Å². The minimum absolute atomic E-state index is 0.0146. The third-order valence-electron chi connectivity index (χ3n) is 3.35. The lowest BCUT2D eigenvalue weighted by atomic mass is 9.95. The van der Waals surface area contributed by atoms with Crippen molar-refractivity contribution in [3.05, 3.63) is 42.0 Å². The average Bonchev–Trinajstić information content (AvgIpc) is 2.47. The molecule has 0 fully saturated rings. The molecule has 4 heteroatoms. The van der Waals surface area contributed by atoms with Crippen molar-refractivity contribution in [3.63, 3.8) is 0 Å². The Morgan fingerprint density at radius 1 is 1.11 bits per heavy atom. The Kier molecular flexibility index (Phi) is 4.53. The summed E-state index contributed by atoms with van der Waals surface area (Å²) in [5.74, 6) is -0.119. The van der Waals surface area contributed by atoms with Crippen LogP contribution in [0, 0.1) is 0 Å². The second-order valence-corrected chi connectivity index (χ2v) is 6.89. The number of allylic oxidation sites excluding steroid dienone is 2. The van der Waals surface area contributed by atoms with Crippen LogP contribution in [0.3, 0.4) is 0 Å². The van der Waals surface area contributed by atoms with Gasteiger partial charge >= 0.3 is 0 Å². The highest BCUT2D eigenvalue weighted by Crippen LogP contribution is 2.20. The Labute approximate surface area is 114 Å². The summed E-state index contributed by atoms with van der Waals surface area (Å²) in [6.07, 6.45) is 5.93. The van der Waals surface area contributed by atoms with Crippen molar-refractivity contribution in [2.24, 2.45) is 0 Å². The fraction of sp³-hybridized carbons (Fsp3) is 0.400. The van der Waals surface area contributed by atoms with Gasteiger partial charge in [-0.25, -0.2) is 8.42 Å². The van der Waals surface area contributed by atoms with Crippen LogP contribution in [0.15, 0.2) is 46.9 Å². The molecule has 0 spiro atoms. The van der Waals surface area contributed by atoms with E-state index in [4.69, 9.17) is 0 Å². The van der Waals surface area contributed by atoms with Crippen LogP contribution >= 0.6 is 0 Å². The summed E-state index contributed by atoms with van der Waals surface area (Å²) in [4.78, 5) is 12.2. The van der Waals surface area contributed by atoms with Gasteiger partial charge in [0.05, 0.1) is 10.6 Å². The van der Waals surface area contributed by atoms with E-state index in [0.717, 1.165) is 31.3 Å². The highest BCUT2D eigenvalue weighted by atomic mass is 32.2. The predicted molar refractivity (Wildman–Crippen MR) is 74.7 cm³/mol. The smallest absolute Gasteiger partial charge is 0.178 e. The molecule has 0 saturated carbocycles. The van der Waals surface area contributed by atoms with E-state index in [0.29, 0.717) is 4.90 Å². The number of carbonyl (C=O) groups excluding carboxylic acids is 1. The number of rotatable bonds is 5. The lowest BCUT2D eigenvalue weighted by Crippen LogP contribution is -2.13. The van der Waals surface area contributed by atoms with E-state index in [9.17, 15) is 13.2 Å². The molecule has 0 aromatic heterocycles. The van der Waals surface area contributed by atoms with Gasteiger partial charge in [0.15, 0.2) is 15.6 Å². The highest BCUT2D eigenvalue weighted by Gasteiger charge is 2.18. The van der Waals surface area contributed by atoms with Crippen LogP contribution in [0.2, 0.25) is 0 Å². The first-order chi connectivity index (χ1) is 9.09. The van der Waals surface area contributed by atoms with Gasteiger partial charge in [-0.2, -0.15) is 0 Å². The maximum Gasteiger partial charge on any atom is 0.178 e. The maximum atomic E-state index is 12.0. The molecule has 0 radical (unpaired) electrons. The number of sulfone groups is 1. The lowest BCUT2D eigenvalue weighted by Gasteiger charge is -2.11. The third-order valence-corrected chi connectivity index (χ3v) is 5.08. The van der Waals surface area contributed by atoms with Crippen molar-refractivity contribution >= 4 is 15.6 Å². The van der Waals surface area contributed by atoms with Gasteiger partial charge in [-0.05, 0) is 43.4 Å². The molecule has 0 atom stereocenters. The van der Waals surface area contributed by atoms with Crippen molar-refractivity contribution < 1.29 is 13.2 Å². The van der Waals surface area contributed by atoms with Crippen LogP contribution in [-0.2, 0) is 14.6 Å². The summed E-state index contributed by atoms with van der Waals surface area (Å²) in [6.45, 7) is 0. The summed E-state index contributed by atoms with van der Waals surface area (Å²) in [5.41, 5.74) is 0.814. The molecule has 0 aliphatic heterocycles. The molecule has 19 heavy (non-hydrogen) atoms. The van der Waals surface area contributed by atoms with E-state index < -0.39 is 9.84 Å². The lowest BCUT2D eigenvalue weighted by molar-refractivity contribution is -0.115. The van der Waals surface area contributed by atoms with E-state index in [1.165, 1.54) is 0 Å².